The molecular formula is C21H28N6O. The molecule has 0 unspecified atom stereocenters. The highest BCUT2D eigenvalue weighted by Crippen LogP contribution is 2.28. The van der Waals surface area contributed by atoms with Gasteiger partial charge in [-0.25, -0.2) is 0 Å². The third-order valence-corrected chi connectivity index (χ3v) is 5.80. The highest BCUT2D eigenvalue weighted by Gasteiger charge is 2.23. The number of rotatable bonds is 6. The maximum absolute atomic E-state index is 12.5. The zero-order valence-electron chi connectivity index (χ0n) is 16.3. The number of hydrogen-bond acceptors (Lipinski definition) is 6. The Hall–Kier alpha value is -2.70. The molecule has 1 saturated heterocycles. The van der Waals surface area contributed by atoms with Gasteiger partial charge in [-0.05, 0) is 36.6 Å². The molecule has 2 aliphatic rings. The first kappa shape index (κ1) is 18.7. The van der Waals surface area contributed by atoms with E-state index in [1.807, 2.05) is 29.2 Å². The van der Waals surface area contributed by atoms with Gasteiger partial charge in [0.1, 0.15) is 0 Å². The number of pyridine rings is 1. The van der Waals surface area contributed by atoms with Gasteiger partial charge < -0.3 is 15.1 Å². The Morgan fingerprint density at radius 1 is 1.00 bits per heavy atom. The zero-order valence-corrected chi connectivity index (χ0v) is 16.3. The number of nitrogens with zero attached hydrogens (tertiary/aromatic N) is 5. The van der Waals surface area contributed by atoms with E-state index in [1.165, 1.54) is 25.7 Å². The number of nitrogens with one attached hydrogen (secondary N) is 1. The summed E-state index contributed by atoms with van der Waals surface area (Å²) in [6, 6.07) is 7.69. The maximum atomic E-state index is 12.5. The normalized spacial score (nSPS) is 17.7. The van der Waals surface area contributed by atoms with Crippen molar-refractivity contribution >= 4 is 23.2 Å². The summed E-state index contributed by atoms with van der Waals surface area (Å²) in [6.45, 7) is 3.15. The molecule has 148 valence electrons. The molecule has 1 saturated carbocycles. The van der Waals surface area contributed by atoms with E-state index in [4.69, 9.17) is 0 Å². The fourth-order valence-corrected chi connectivity index (χ4v) is 4.11. The van der Waals surface area contributed by atoms with E-state index in [1.54, 1.807) is 12.4 Å². The van der Waals surface area contributed by atoms with Gasteiger partial charge in [0.15, 0.2) is 11.6 Å². The van der Waals surface area contributed by atoms with Crippen LogP contribution in [-0.4, -0.2) is 52.2 Å². The van der Waals surface area contributed by atoms with Crippen molar-refractivity contribution in [2.45, 2.75) is 38.5 Å². The first-order chi connectivity index (χ1) is 13.8. The molecule has 7 heteroatoms. The van der Waals surface area contributed by atoms with Crippen LogP contribution in [0.5, 0.6) is 0 Å². The van der Waals surface area contributed by atoms with Crippen molar-refractivity contribution in [3.63, 3.8) is 0 Å². The Morgan fingerprint density at radius 3 is 2.43 bits per heavy atom. The lowest BCUT2D eigenvalue weighted by molar-refractivity contribution is -0.131. The minimum atomic E-state index is 0.314. The van der Waals surface area contributed by atoms with Gasteiger partial charge >= 0.3 is 0 Å². The fraction of sp³-hybridized carbons (Fsp3) is 0.524. The van der Waals surface area contributed by atoms with Crippen molar-refractivity contribution in [2.24, 2.45) is 5.92 Å². The van der Waals surface area contributed by atoms with Crippen molar-refractivity contribution in [3.8, 4) is 0 Å². The van der Waals surface area contributed by atoms with E-state index in [0.29, 0.717) is 18.1 Å². The quantitative estimate of drug-likeness (QED) is 0.829. The van der Waals surface area contributed by atoms with E-state index in [2.05, 4.69) is 25.4 Å². The number of hydrogen-bond donors (Lipinski definition) is 1. The molecule has 0 atom stereocenters. The van der Waals surface area contributed by atoms with Gasteiger partial charge in [-0.1, -0.05) is 25.7 Å². The third-order valence-electron chi connectivity index (χ3n) is 5.80. The lowest BCUT2D eigenvalue weighted by atomic mass is 10.0. The Kier molecular flexibility index (Phi) is 5.99. The summed E-state index contributed by atoms with van der Waals surface area (Å²) >= 11 is 0. The lowest BCUT2D eigenvalue weighted by Crippen LogP contribution is -2.49. The molecule has 0 bridgehead atoms. The van der Waals surface area contributed by atoms with Gasteiger partial charge in [-0.3, -0.25) is 9.78 Å². The Labute approximate surface area is 166 Å². The zero-order chi connectivity index (χ0) is 19.2. The monoisotopic (exact) mass is 380 g/mol. The van der Waals surface area contributed by atoms with Crippen molar-refractivity contribution in [1.29, 1.82) is 0 Å². The summed E-state index contributed by atoms with van der Waals surface area (Å²) in [5.41, 5.74) is 0.932. The Morgan fingerprint density at radius 2 is 1.75 bits per heavy atom. The molecule has 7 nitrogen and oxygen atoms in total. The number of amides is 1. The van der Waals surface area contributed by atoms with Gasteiger partial charge in [0.25, 0.3) is 0 Å². The molecule has 1 amide bonds. The SMILES string of the molecule is O=C(CCC1CCCC1)N1CCN(c2ccc(Nc3ccncc3)nn2)CC1. The van der Waals surface area contributed by atoms with Crippen LogP contribution in [0, 0.1) is 5.92 Å². The molecule has 2 fully saturated rings. The van der Waals surface area contributed by atoms with Crippen LogP contribution in [-0.2, 0) is 4.79 Å². The fourth-order valence-electron chi connectivity index (χ4n) is 4.11. The number of anilines is 3. The summed E-state index contributed by atoms with van der Waals surface area (Å²) in [5, 5.41) is 11.8. The van der Waals surface area contributed by atoms with Crippen LogP contribution in [0.3, 0.4) is 0 Å². The highest BCUT2D eigenvalue weighted by molar-refractivity contribution is 5.76. The predicted molar refractivity (Wildman–Crippen MR) is 110 cm³/mol. The molecule has 3 heterocycles. The van der Waals surface area contributed by atoms with Crippen LogP contribution in [0.1, 0.15) is 38.5 Å². The topological polar surface area (TPSA) is 74.2 Å². The molecule has 1 N–H and O–H groups in total. The summed E-state index contributed by atoms with van der Waals surface area (Å²) in [5.74, 6) is 2.66. The first-order valence-electron chi connectivity index (χ1n) is 10.3. The highest BCUT2D eigenvalue weighted by atomic mass is 16.2. The van der Waals surface area contributed by atoms with Gasteiger partial charge in [0.2, 0.25) is 5.91 Å². The summed E-state index contributed by atoms with van der Waals surface area (Å²) in [6.07, 6.45) is 10.6. The van der Waals surface area contributed by atoms with Gasteiger partial charge in [0, 0.05) is 50.7 Å². The van der Waals surface area contributed by atoms with Crippen molar-refractivity contribution < 1.29 is 4.79 Å². The smallest absolute Gasteiger partial charge is 0.222 e. The van der Waals surface area contributed by atoms with Crippen molar-refractivity contribution in [2.75, 3.05) is 36.4 Å². The summed E-state index contributed by atoms with van der Waals surface area (Å²) in [4.78, 5) is 20.7. The first-order valence-corrected chi connectivity index (χ1v) is 10.3. The van der Waals surface area contributed by atoms with Crippen molar-refractivity contribution in [3.05, 3.63) is 36.7 Å². The lowest BCUT2D eigenvalue weighted by Gasteiger charge is -2.35. The third kappa shape index (κ3) is 4.77. The molecule has 0 radical (unpaired) electrons. The van der Waals surface area contributed by atoms with Crippen LogP contribution >= 0.6 is 0 Å². The van der Waals surface area contributed by atoms with Gasteiger partial charge in [-0.15, -0.1) is 10.2 Å². The summed E-state index contributed by atoms with van der Waals surface area (Å²) < 4.78 is 0. The number of carbonyl (C=O) groups excluding carboxylic acids is 1. The van der Waals surface area contributed by atoms with E-state index in [-0.39, 0.29) is 0 Å². The van der Waals surface area contributed by atoms with Crippen molar-refractivity contribution in [1.82, 2.24) is 20.1 Å². The molecule has 1 aliphatic heterocycles. The molecular weight excluding hydrogens is 352 g/mol. The molecule has 2 aromatic rings. The molecule has 4 rings (SSSR count). The minimum Gasteiger partial charge on any atom is -0.352 e. The van der Waals surface area contributed by atoms with Crippen LogP contribution in [0.15, 0.2) is 36.7 Å². The molecule has 0 spiro atoms. The van der Waals surface area contributed by atoms with Crippen LogP contribution < -0.4 is 10.2 Å². The molecule has 28 heavy (non-hydrogen) atoms. The van der Waals surface area contributed by atoms with Crippen LogP contribution in [0.25, 0.3) is 0 Å². The number of carbonyl (C=O) groups is 1. The average molecular weight is 380 g/mol. The standard InChI is InChI=1S/C21H28N6O/c28-21(8-5-17-3-1-2-4-17)27-15-13-26(14-16-27)20-7-6-19(24-25-20)23-18-9-11-22-12-10-18/h6-7,9-12,17H,1-5,8,13-16H2,(H,22,23,24). The van der Waals surface area contributed by atoms with E-state index < -0.39 is 0 Å². The molecule has 0 aromatic carbocycles. The second kappa shape index (κ2) is 8.99. The van der Waals surface area contributed by atoms with Crippen LogP contribution in [0.2, 0.25) is 0 Å². The number of piperazine rings is 1. The van der Waals surface area contributed by atoms with E-state index >= 15 is 0 Å². The largest absolute Gasteiger partial charge is 0.352 e. The minimum absolute atomic E-state index is 0.314. The van der Waals surface area contributed by atoms with E-state index in [0.717, 1.165) is 50.0 Å². The molecule has 1 aliphatic carbocycles. The summed E-state index contributed by atoms with van der Waals surface area (Å²) in [7, 11) is 0. The van der Waals surface area contributed by atoms with Crippen LogP contribution in [0.4, 0.5) is 17.3 Å². The second-order valence-electron chi connectivity index (χ2n) is 7.69. The van der Waals surface area contributed by atoms with E-state index in [9.17, 15) is 4.79 Å². The maximum Gasteiger partial charge on any atom is 0.222 e. The van der Waals surface area contributed by atoms with Gasteiger partial charge in [0.05, 0.1) is 0 Å². The Bertz CT molecular complexity index is 752. The Balaban J connectivity index is 1.24. The molecule has 2 aromatic heterocycles. The second-order valence-corrected chi connectivity index (χ2v) is 7.69. The number of aromatic nitrogens is 3. The average Bonchev–Trinajstić information content (AvgIpc) is 3.27. The van der Waals surface area contributed by atoms with Gasteiger partial charge in [-0.2, -0.15) is 0 Å². The predicted octanol–water partition coefficient (Wildman–Crippen LogP) is 3.23.